The van der Waals surface area contributed by atoms with E-state index in [-0.39, 0.29) is 0 Å². The van der Waals surface area contributed by atoms with E-state index in [0.717, 1.165) is 6.42 Å². The van der Waals surface area contributed by atoms with E-state index in [9.17, 15) is 0 Å². The van der Waals surface area contributed by atoms with Crippen molar-refractivity contribution in [2.75, 3.05) is 0 Å². The first kappa shape index (κ1) is 8.57. The van der Waals surface area contributed by atoms with Gasteiger partial charge in [0.05, 0.1) is 0 Å². The van der Waals surface area contributed by atoms with Gasteiger partial charge in [-0.1, -0.05) is 24.3 Å². The molecule has 0 fully saturated rings. The summed E-state index contributed by atoms with van der Waals surface area (Å²) >= 11 is 0.382. The van der Waals surface area contributed by atoms with E-state index in [1.807, 2.05) is 0 Å². The Kier molecular flexibility index (Phi) is 8.10. The zero-order valence-corrected chi connectivity index (χ0v) is 6.66. The second-order valence-electron chi connectivity index (χ2n) is 1.14. The van der Waals surface area contributed by atoms with Crippen LogP contribution in [0.15, 0.2) is 24.3 Å². The summed E-state index contributed by atoms with van der Waals surface area (Å²) in [5.41, 5.74) is 0. The topological polar surface area (TPSA) is 0 Å². The maximum absolute atomic E-state index is 4.73. The van der Waals surface area contributed by atoms with Crippen molar-refractivity contribution in [2.45, 2.75) is 6.42 Å². The minimum absolute atomic E-state index is 0.382. The first-order chi connectivity index (χ1) is 3.91. The first-order valence-corrected chi connectivity index (χ1v) is 4.93. The fraction of sp³-hybridized carbons (Fsp3) is 0.200. The van der Waals surface area contributed by atoms with E-state index < -0.39 is 0 Å². The van der Waals surface area contributed by atoms with E-state index in [2.05, 4.69) is 24.3 Å². The molecule has 0 unspecified atom stereocenters. The summed E-state index contributed by atoms with van der Waals surface area (Å²) < 4.78 is 0. The average molecular weight is 196 g/mol. The van der Waals surface area contributed by atoms with Gasteiger partial charge in [0.1, 0.15) is 0 Å². The molecule has 0 radical (unpaired) electrons. The van der Waals surface area contributed by atoms with Crippen LogP contribution < -0.4 is 0 Å². The Bertz CT molecular complexity index is 78.4. The Morgan fingerprint density at radius 2 is 1.50 bits per heavy atom. The third-order valence-electron chi connectivity index (χ3n) is 0.655. The molecule has 1 aliphatic carbocycles. The molecule has 3 heteroatoms. The molecule has 0 amide bonds. The van der Waals surface area contributed by atoms with Gasteiger partial charge >= 0.3 is 33.2 Å². The van der Waals surface area contributed by atoms with Crippen molar-refractivity contribution >= 4 is 20.3 Å². The third kappa shape index (κ3) is 6.57. The van der Waals surface area contributed by atoms with Crippen molar-refractivity contribution in [1.82, 2.24) is 0 Å². The van der Waals surface area contributed by atoms with Crippen LogP contribution >= 0.6 is 20.3 Å². The molecule has 1 aliphatic rings. The Morgan fingerprint density at radius 3 is 1.62 bits per heavy atom. The van der Waals surface area contributed by atoms with Gasteiger partial charge in [-0.3, -0.25) is 0 Å². The van der Waals surface area contributed by atoms with Crippen molar-refractivity contribution < 1.29 is 12.9 Å². The second kappa shape index (κ2) is 7.57. The summed E-state index contributed by atoms with van der Waals surface area (Å²) in [6.45, 7) is 0. The molecule has 0 saturated heterocycles. The van der Waals surface area contributed by atoms with Crippen molar-refractivity contribution in [3.63, 3.8) is 0 Å². The zero-order valence-electron chi connectivity index (χ0n) is 4.11. The Balaban J connectivity index is 0.000000145. The molecule has 0 spiro atoms. The van der Waals surface area contributed by atoms with Gasteiger partial charge in [0.2, 0.25) is 0 Å². The summed E-state index contributed by atoms with van der Waals surface area (Å²) in [6.07, 6.45) is 9.50. The molecule has 0 aliphatic heterocycles. The Morgan fingerprint density at radius 1 is 1.12 bits per heavy atom. The first-order valence-electron chi connectivity index (χ1n) is 2.07. The monoisotopic (exact) mass is 195 g/mol. The number of hydrogen-bond donors (Lipinski definition) is 0. The van der Waals surface area contributed by atoms with Crippen LogP contribution in [0.25, 0.3) is 0 Å². The van der Waals surface area contributed by atoms with E-state index in [1.54, 1.807) is 0 Å². The molecule has 1 rings (SSSR count). The van der Waals surface area contributed by atoms with Gasteiger partial charge in [-0.05, 0) is 6.42 Å². The number of halogens is 2. The SMILES string of the molecule is C1=CCC=C1.[Cl][Co][Cl]. The van der Waals surface area contributed by atoms with Crippen molar-refractivity contribution in [3.05, 3.63) is 24.3 Å². The minimum atomic E-state index is 0.382. The molecule has 0 atom stereocenters. The molecule has 0 saturated carbocycles. The average Bonchev–Trinajstić information content (AvgIpc) is 2.17. The predicted octanol–water partition coefficient (Wildman–Crippen LogP) is 2.88. The van der Waals surface area contributed by atoms with E-state index in [1.165, 1.54) is 0 Å². The number of allylic oxidation sites excluding steroid dienone is 4. The van der Waals surface area contributed by atoms with Crippen LogP contribution in [0.1, 0.15) is 6.42 Å². The molecule has 0 aromatic rings. The van der Waals surface area contributed by atoms with Gasteiger partial charge in [0.25, 0.3) is 0 Å². The molecule has 0 heterocycles. The van der Waals surface area contributed by atoms with Crippen LogP contribution in [-0.4, -0.2) is 0 Å². The predicted molar refractivity (Wildman–Crippen MR) is 34.6 cm³/mol. The van der Waals surface area contributed by atoms with Gasteiger partial charge in [0, 0.05) is 0 Å². The standard InChI is InChI=1S/C5H6.2ClH.Co/c1-2-4-5-3-1;;;/h1-4H,5H2;2*1H;/q;;;+2/p-2. The number of rotatable bonds is 0. The second-order valence-corrected chi connectivity index (χ2v) is 2.86. The summed E-state index contributed by atoms with van der Waals surface area (Å²) in [5.74, 6) is 0. The Hall–Kier alpha value is 0.566. The Labute approximate surface area is 64.0 Å². The van der Waals surface area contributed by atoms with Crippen LogP contribution in [0.4, 0.5) is 0 Å². The molecule has 49 valence electrons. The van der Waals surface area contributed by atoms with Crippen LogP contribution in [-0.2, 0) is 12.9 Å². The maximum atomic E-state index is 4.73. The molecule has 0 aromatic heterocycles. The third-order valence-corrected chi connectivity index (χ3v) is 0.655. The normalized spacial score (nSPS) is 13.8. The van der Waals surface area contributed by atoms with Crippen molar-refractivity contribution in [2.24, 2.45) is 0 Å². The summed E-state index contributed by atoms with van der Waals surface area (Å²) in [7, 11) is 9.47. The van der Waals surface area contributed by atoms with E-state index in [4.69, 9.17) is 20.3 Å². The van der Waals surface area contributed by atoms with Gasteiger partial charge in [-0.25, -0.2) is 0 Å². The summed E-state index contributed by atoms with van der Waals surface area (Å²) in [5, 5.41) is 0. The summed E-state index contributed by atoms with van der Waals surface area (Å²) in [4.78, 5) is 0. The molecule has 8 heavy (non-hydrogen) atoms. The zero-order chi connectivity index (χ0) is 6.24. The summed E-state index contributed by atoms with van der Waals surface area (Å²) in [6, 6.07) is 0. The van der Waals surface area contributed by atoms with Crippen LogP contribution in [0.2, 0.25) is 0 Å². The van der Waals surface area contributed by atoms with Crippen LogP contribution in [0.5, 0.6) is 0 Å². The molecular formula is C5H6Cl2Co. The fourth-order valence-electron chi connectivity index (χ4n) is 0.393. The van der Waals surface area contributed by atoms with Crippen LogP contribution in [0, 0.1) is 0 Å². The van der Waals surface area contributed by atoms with Gasteiger partial charge in [0.15, 0.2) is 0 Å². The molecule has 0 N–H and O–H groups in total. The molecular weight excluding hydrogens is 190 g/mol. The van der Waals surface area contributed by atoms with Gasteiger partial charge < -0.3 is 0 Å². The molecule has 0 bridgehead atoms. The van der Waals surface area contributed by atoms with Gasteiger partial charge in [-0.2, -0.15) is 0 Å². The van der Waals surface area contributed by atoms with E-state index >= 15 is 0 Å². The van der Waals surface area contributed by atoms with Crippen molar-refractivity contribution in [3.8, 4) is 0 Å². The molecule has 0 nitrogen and oxygen atoms in total. The van der Waals surface area contributed by atoms with Crippen LogP contribution in [0.3, 0.4) is 0 Å². The fourth-order valence-corrected chi connectivity index (χ4v) is 0.393. The van der Waals surface area contributed by atoms with Crippen molar-refractivity contribution in [1.29, 1.82) is 0 Å². The number of hydrogen-bond acceptors (Lipinski definition) is 0. The van der Waals surface area contributed by atoms with E-state index in [0.29, 0.717) is 12.9 Å². The quantitative estimate of drug-likeness (QED) is 0.558. The molecule has 0 aromatic carbocycles. The van der Waals surface area contributed by atoms with Gasteiger partial charge in [-0.15, -0.1) is 0 Å².